The second-order valence-corrected chi connectivity index (χ2v) is 3.35. The summed E-state index contributed by atoms with van der Waals surface area (Å²) in [5.74, 6) is -1.67. The van der Waals surface area contributed by atoms with Gasteiger partial charge in [-0.3, -0.25) is 4.79 Å². The Labute approximate surface area is 123 Å². The van der Waals surface area contributed by atoms with Gasteiger partial charge in [-0.05, 0) is 19.1 Å². The number of esters is 1. The minimum absolute atomic E-state index is 0. The van der Waals surface area contributed by atoms with Gasteiger partial charge in [0, 0.05) is 11.6 Å². The molecule has 5 nitrogen and oxygen atoms in total. The van der Waals surface area contributed by atoms with Crippen molar-refractivity contribution in [3.63, 3.8) is 0 Å². The summed E-state index contributed by atoms with van der Waals surface area (Å²) in [7, 11) is 1.49. The first-order valence-corrected chi connectivity index (χ1v) is 5.34. The zero-order valence-electron chi connectivity index (χ0n) is 10.2. The zero-order valence-corrected chi connectivity index (χ0v) is 10.2. The van der Waals surface area contributed by atoms with Crippen molar-refractivity contribution < 1.29 is 24.2 Å². The van der Waals surface area contributed by atoms with Crippen molar-refractivity contribution >= 4 is 36.4 Å². The van der Waals surface area contributed by atoms with Gasteiger partial charge in [0.2, 0.25) is 0 Å². The van der Waals surface area contributed by atoms with Gasteiger partial charge in [-0.15, -0.1) is 0 Å². The normalized spacial score (nSPS) is 10.3. The Morgan fingerprint density at radius 3 is 2.63 bits per heavy atom. The van der Waals surface area contributed by atoms with Gasteiger partial charge in [0.25, 0.3) is 5.78 Å². The van der Waals surface area contributed by atoms with Crippen LogP contribution in [0.1, 0.15) is 12.5 Å². The number of carbonyl (C=O) groups excluding carboxylic acids is 2. The van der Waals surface area contributed by atoms with E-state index in [2.05, 4.69) is 4.74 Å². The molecule has 19 heavy (non-hydrogen) atoms. The van der Waals surface area contributed by atoms with E-state index in [0.29, 0.717) is 11.3 Å². The van der Waals surface area contributed by atoms with Crippen LogP contribution in [-0.2, 0) is 14.3 Å². The summed E-state index contributed by atoms with van der Waals surface area (Å²) in [5.41, 5.74) is 0.381. The fourth-order valence-electron chi connectivity index (χ4n) is 1.25. The molecule has 0 saturated heterocycles. The topological polar surface area (TPSA) is 72.8 Å². The molecule has 0 spiro atoms. The molecule has 6 heteroatoms. The Morgan fingerprint density at radius 2 is 2.05 bits per heavy atom. The predicted octanol–water partition coefficient (Wildman–Crippen LogP) is 1.08. The van der Waals surface area contributed by atoms with E-state index >= 15 is 0 Å². The molecule has 1 N–H and O–H groups in total. The van der Waals surface area contributed by atoms with Crippen molar-refractivity contribution in [2.24, 2.45) is 0 Å². The van der Waals surface area contributed by atoms with Crippen molar-refractivity contribution in [1.29, 1.82) is 0 Å². The molecule has 0 radical (unpaired) electrons. The summed E-state index contributed by atoms with van der Waals surface area (Å²) >= 11 is 0. The first kappa shape index (κ1) is 17.3. The van der Waals surface area contributed by atoms with Crippen molar-refractivity contribution in [2.45, 2.75) is 6.92 Å². The van der Waals surface area contributed by atoms with Crippen LogP contribution in [0.2, 0.25) is 0 Å². The van der Waals surface area contributed by atoms with Gasteiger partial charge in [-0.1, -0.05) is 12.1 Å². The quantitative estimate of drug-likeness (QED) is 0.281. The summed E-state index contributed by atoms with van der Waals surface area (Å²) in [5, 5.41) is 9.70. The molecule has 0 unspecified atom stereocenters. The van der Waals surface area contributed by atoms with Gasteiger partial charge in [-0.2, -0.15) is 0 Å². The molecule has 0 aliphatic heterocycles. The third-order valence-corrected chi connectivity index (χ3v) is 2.11. The van der Waals surface area contributed by atoms with E-state index in [0.717, 1.165) is 6.08 Å². The molecular formula is C13H15LiO5. The van der Waals surface area contributed by atoms with Crippen LogP contribution in [0.25, 0.3) is 5.76 Å². The molecule has 1 aromatic rings. The van der Waals surface area contributed by atoms with Crippen LogP contribution >= 0.6 is 0 Å². The minimum atomic E-state index is -0.994. The summed E-state index contributed by atoms with van der Waals surface area (Å²) in [4.78, 5) is 22.4. The van der Waals surface area contributed by atoms with Crippen LogP contribution in [0.4, 0.5) is 0 Å². The first-order chi connectivity index (χ1) is 8.58. The predicted molar refractivity (Wildman–Crippen MR) is 72.4 cm³/mol. The van der Waals surface area contributed by atoms with E-state index < -0.39 is 11.8 Å². The number of benzene rings is 1. The molecule has 98 valence electrons. The molecule has 0 amide bonds. The van der Waals surface area contributed by atoms with Gasteiger partial charge in [0.15, 0.2) is 0 Å². The average molecular weight is 258 g/mol. The molecule has 0 heterocycles. The monoisotopic (exact) mass is 258 g/mol. The van der Waals surface area contributed by atoms with E-state index in [-0.39, 0.29) is 31.2 Å². The van der Waals surface area contributed by atoms with E-state index in [1.807, 2.05) is 0 Å². The number of ether oxygens (including phenoxy) is 2. The third-order valence-electron chi connectivity index (χ3n) is 2.11. The Bertz CT molecular complexity index is 482. The number of aliphatic hydroxyl groups is 1. The molecule has 1 rings (SSSR count). The molecule has 0 aliphatic rings. The Balaban J connectivity index is 0.00000324. The maximum atomic E-state index is 11.3. The second kappa shape index (κ2) is 8.41. The maximum absolute atomic E-state index is 11.3. The number of hydrogen-bond donors (Lipinski definition) is 1. The summed E-state index contributed by atoms with van der Waals surface area (Å²) < 4.78 is 9.50. The summed E-state index contributed by atoms with van der Waals surface area (Å²) in [6, 6.07) is 6.49. The van der Waals surface area contributed by atoms with Gasteiger partial charge >= 0.3 is 24.8 Å². The first-order valence-electron chi connectivity index (χ1n) is 5.34. The van der Waals surface area contributed by atoms with Crippen LogP contribution in [0, 0.1) is 0 Å². The van der Waals surface area contributed by atoms with Crippen LogP contribution in [0.15, 0.2) is 30.3 Å². The third kappa shape index (κ3) is 5.21. The van der Waals surface area contributed by atoms with Crippen LogP contribution in [0.3, 0.4) is 0 Å². The van der Waals surface area contributed by atoms with Crippen LogP contribution in [-0.4, -0.2) is 49.4 Å². The second-order valence-electron chi connectivity index (χ2n) is 3.35. The molecular weight excluding hydrogens is 243 g/mol. The number of methoxy groups -OCH3 is 1. The molecule has 0 saturated carbocycles. The number of hydrogen-bond acceptors (Lipinski definition) is 5. The molecule has 0 aromatic heterocycles. The van der Waals surface area contributed by atoms with Crippen LogP contribution in [0.5, 0.6) is 5.75 Å². The van der Waals surface area contributed by atoms with E-state index in [9.17, 15) is 14.7 Å². The Hall–Kier alpha value is -1.70. The number of carbonyl (C=O) groups is 2. The average Bonchev–Trinajstić information content (AvgIpc) is 2.39. The van der Waals surface area contributed by atoms with Gasteiger partial charge in [-0.25, -0.2) is 4.79 Å². The van der Waals surface area contributed by atoms with Gasteiger partial charge in [0.1, 0.15) is 11.5 Å². The summed E-state index contributed by atoms with van der Waals surface area (Å²) in [6.07, 6.45) is 0.826. The Kier molecular flexibility index (Phi) is 7.65. The van der Waals surface area contributed by atoms with E-state index in [1.54, 1.807) is 31.2 Å². The van der Waals surface area contributed by atoms with Crippen molar-refractivity contribution in [2.75, 3.05) is 13.7 Å². The molecule has 1 aromatic carbocycles. The van der Waals surface area contributed by atoms with Crippen molar-refractivity contribution in [1.82, 2.24) is 0 Å². The molecule has 0 aliphatic carbocycles. The molecule has 0 bridgehead atoms. The Morgan fingerprint density at radius 1 is 1.37 bits per heavy atom. The van der Waals surface area contributed by atoms with Gasteiger partial charge < -0.3 is 14.6 Å². The standard InChI is InChI=1S/C13H14O5.Li.H/c1-3-18-13(16)12(15)8-11(14)9-5-4-6-10(7-9)17-2;;/h4-8,14H,3H2,1-2H3;;. The molecule has 0 fully saturated rings. The van der Waals surface area contributed by atoms with E-state index in [1.165, 1.54) is 7.11 Å². The number of rotatable bonds is 5. The van der Waals surface area contributed by atoms with Crippen molar-refractivity contribution in [3.05, 3.63) is 35.9 Å². The fraction of sp³-hybridized carbons (Fsp3) is 0.231. The van der Waals surface area contributed by atoms with E-state index in [4.69, 9.17) is 4.74 Å². The SMILES string of the molecule is CCOC(=O)C(=O)C=C(O)c1cccc(OC)c1.[LiH]. The van der Waals surface area contributed by atoms with Gasteiger partial charge in [0.05, 0.1) is 13.7 Å². The van der Waals surface area contributed by atoms with Crippen LogP contribution < -0.4 is 4.74 Å². The zero-order chi connectivity index (χ0) is 13.5. The molecule has 0 atom stereocenters. The number of ketones is 1. The number of aliphatic hydroxyl groups excluding tert-OH is 1. The fourth-order valence-corrected chi connectivity index (χ4v) is 1.25. The summed E-state index contributed by atoms with van der Waals surface area (Å²) in [6.45, 7) is 1.70. The van der Waals surface area contributed by atoms with Crippen molar-refractivity contribution in [3.8, 4) is 5.75 Å².